The number of carbonyl (C=O) groups is 1. The van der Waals surface area contributed by atoms with Gasteiger partial charge in [-0.1, -0.05) is 33.3 Å². The minimum atomic E-state index is -1.98. The summed E-state index contributed by atoms with van der Waals surface area (Å²) < 4.78 is 25.0. The lowest BCUT2D eigenvalue weighted by molar-refractivity contribution is -0.119. The molecule has 4 heteroatoms. The maximum absolute atomic E-state index is 12.4. The number of aliphatic hydroxyl groups excluding tert-OH is 1. The second-order valence-electron chi connectivity index (χ2n) is 12.1. The first-order chi connectivity index (χ1) is 14.1. The molecular weight excluding hydrogens is 376 g/mol. The highest BCUT2D eigenvalue weighted by Gasteiger charge is 2.60. The van der Waals surface area contributed by atoms with Crippen LogP contribution in [-0.4, -0.2) is 31.9 Å². The summed E-state index contributed by atoms with van der Waals surface area (Å²) in [6.07, 6.45) is 5.35. The van der Waals surface area contributed by atoms with E-state index in [1.807, 2.05) is 0 Å². The highest BCUT2D eigenvalue weighted by atomic mass is 28.4. The molecule has 3 nitrogen and oxygen atoms in total. The van der Waals surface area contributed by atoms with Gasteiger partial charge in [-0.3, -0.25) is 4.79 Å². The first-order valence-corrected chi connectivity index (χ1v) is 14.6. The summed E-state index contributed by atoms with van der Waals surface area (Å²) >= 11 is 0. The molecule has 0 heterocycles. The smallest absolute Gasteiger partial charge is 0.192 e. The van der Waals surface area contributed by atoms with E-state index in [2.05, 4.69) is 40.8 Å². The zero-order valence-electron chi connectivity index (χ0n) is 21.3. The van der Waals surface area contributed by atoms with Gasteiger partial charge in [0.15, 0.2) is 14.1 Å². The van der Waals surface area contributed by atoms with Crippen LogP contribution in [0.5, 0.6) is 0 Å². The zero-order chi connectivity index (χ0) is 23.0. The summed E-state index contributed by atoms with van der Waals surface area (Å²) in [5.74, 6) is 0.463. The molecule has 4 aliphatic carbocycles. The summed E-state index contributed by atoms with van der Waals surface area (Å²) in [5, 5.41) is 10.9. The molecule has 0 aromatic rings. The molecule has 29 heavy (non-hydrogen) atoms. The van der Waals surface area contributed by atoms with Crippen molar-refractivity contribution in [2.45, 2.75) is 103 Å². The van der Waals surface area contributed by atoms with E-state index in [0.29, 0.717) is 19.4 Å². The molecule has 0 aliphatic heterocycles. The Balaban J connectivity index is 1.75. The number of hydrogen-bond acceptors (Lipinski definition) is 3. The van der Waals surface area contributed by atoms with E-state index < -0.39 is 14.7 Å². The highest BCUT2D eigenvalue weighted by molar-refractivity contribution is 6.74. The highest BCUT2D eigenvalue weighted by Crippen LogP contribution is 2.65. The molecule has 0 unspecified atom stereocenters. The average Bonchev–Trinajstić information content (AvgIpc) is 2.94. The standard InChI is InChI=1S/C25H42O3Si/c1-23(2,3)29(5,6)28-16-25-14-11-18(26)15-17(25)7-8-19-20-9-10-22(27)24(20,4)13-12-21(19)25/h15,19-22,27H,7-14,16H2,1-6H3/t19-,20-,21-,22-,24-,25+/m0/s1/i8D2. The summed E-state index contributed by atoms with van der Waals surface area (Å²) in [5.41, 5.74) is 0.604. The fourth-order valence-corrected chi connectivity index (χ4v) is 7.66. The molecule has 3 saturated carbocycles. The van der Waals surface area contributed by atoms with E-state index in [9.17, 15) is 9.90 Å². The van der Waals surface area contributed by atoms with Gasteiger partial charge in [0.2, 0.25) is 0 Å². The Kier molecular flexibility index (Phi) is 4.67. The van der Waals surface area contributed by atoms with E-state index in [1.165, 1.54) is 0 Å². The molecular formula is C25H42O3Si. The number of fused-ring (bicyclic) bond motifs is 5. The molecule has 0 spiro atoms. The van der Waals surface area contributed by atoms with Crippen molar-refractivity contribution >= 4 is 14.1 Å². The van der Waals surface area contributed by atoms with Crippen LogP contribution in [-0.2, 0) is 9.22 Å². The number of rotatable bonds is 3. The van der Waals surface area contributed by atoms with Crippen molar-refractivity contribution in [2.75, 3.05) is 6.61 Å². The molecule has 4 rings (SSSR count). The average molecular weight is 421 g/mol. The number of aliphatic hydroxyl groups is 1. The van der Waals surface area contributed by atoms with Crippen LogP contribution in [0, 0.1) is 28.6 Å². The number of hydrogen-bond donors (Lipinski definition) is 1. The third-order valence-corrected chi connectivity index (χ3v) is 14.2. The third-order valence-electron chi connectivity index (χ3n) is 9.75. The summed E-state index contributed by atoms with van der Waals surface area (Å²) in [7, 11) is -1.98. The SMILES string of the molecule is [2H]C1([2H])CC2=CC(=O)CC[C@]2(CO[Si](C)(C)C(C)(C)C)[C@H]2CC[C@]3(C)[C@@H](O)CC[C@H]3[C@@H]21. The van der Waals surface area contributed by atoms with Gasteiger partial charge in [-0.25, -0.2) is 0 Å². The van der Waals surface area contributed by atoms with Crippen LogP contribution < -0.4 is 0 Å². The Morgan fingerprint density at radius 2 is 1.93 bits per heavy atom. The topological polar surface area (TPSA) is 46.5 Å². The van der Waals surface area contributed by atoms with Gasteiger partial charge in [-0.05, 0) is 92.3 Å². The third kappa shape index (κ3) is 3.32. The van der Waals surface area contributed by atoms with Crippen molar-refractivity contribution in [3.63, 3.8) is 0 Å². The first kappa shape index (κ1) is 19.2. The first-order valence-electron chi connectivity index (χ1n) is 12.7. The van der Waals surface area contributed by atoms with Gasteiger partial charge in [0.25, 0.3) is 0 Å². The Morgan fingerprint density at radius 3 is 2.62 bits per heavy atom. The van der Waals surface area contributed by atoms with E-state index in [4.69, 9.17) is 7.17 Å². The maximum Gasteiger partial charge on any atom is 0.192 e. The second-order valence-corrected chi connectivity index (χ2v) is 16.9. The molecule has 0 bridgehead atoms. The van der Waals surface area contributed by atoms with Crippen LogP contribution in [0.3, 0.4) is 0 Å². The van der Waals surface area contributed by atoms with E-state index in [0.717, 1.165) is 37.7 Å². The van der Waals surface area contributed by atoms with E-state index >= 15 is 0 Å². The van der Waals surface area contributed by atoms with Crippen LogP contribution in [0.2, 0.25) is 18.1 Å². The summed E-state index contributed by atoms with van der Waals surface area (Å²) in [4.78, 5) is 12.4. The molecule has 3 fully saturated rings. The van der Waals surface area contributed by atoms with Crippen molar-refractivity contribution in [1.29, 1.82) is 0 Å². The fourth-order valence-electron chi connectivity index (χ4n) is 6.61. The Morgan fingerprint density at radius 1 is 1.21 bits per heavy atom. The second kappa shape index (κ2) is 7.03. The van der Waals surface area contributed by atoms with Crippen LogP contribution in [0.1, 0.15) is 81.8 Å². The van der Waals surface area contributed by atoms with Gasteiger partial charge in [-0.15, -0.1) is 0 Å². The van der Waals surface area contributed by atoms with Crippen LogP contribution in [0.4, 0.5) is 0 Å². The van der Waals surface area contributed by atoms with Gasteiger partial charge in [0.1, 0.15) is 0 Å². The van der Waals surface area contributed by atoms with Crippen LogP contribution in [0.15, 0.2) is 11.6 Å². The molecule has 6 atom stereocenters. The molecule has 0 saturated heterocycles. The monoisotopic (exact) mass is 420 g/mol. The normalized spacial score (nSPS) is 45.5. The molecule has 164 valence electrons. The molecule has 0 aromatic carbocycles. The van der Waals surface area contributed by atoms with Gasteiger partial charge >= 0.3 is 0 Å². The quantitative estimate of drug-likeness (QED) is 0.580. The van der Waals surface area contributed by atoms with E-state index in [1.54, 1.807) is 6.08 Å². The Labute approximate surface area is 181 Å². The van der Waals surface area contributed by atoms with Gasteiger partial charge in [0.05, 0.1) is 6.10 Å². The van der Waals surface area contributed by atoms with Crippen LogP contribution in [0.25, 0.3) is 0 Å². The van der Waals surface area contributed by atoms with Gasteiger partial charge < -0.3 is 9.53 Å². The molecule has 0 aromatic heterocycles. The minimum Gasteiger partial charge on any atom is -0.416 e. The lowest BCUT2D eigenvalue weighted by atomic mass is 9.47. The molecule has 0 radical (unpaired) electrons. The zero-order valence-corrected chi connectivity index (χ0v) is 20.3. The Hall–Kier alpha value is -0.453. The van der Waals surface area contributed by atoms with E-state index in [-0.39, 0.29) is 45.5 Å². The predicted octanol–water partition coefficient (Wildman–Crippen LogP) is 5.88. The number of ketones is 1. The minimum absolute atomic E-state index is 0.0724. The lowest BCUT2D eigenvalue weighted by Crippen LogP contribution is -2.55. The van der Waals surface area contributed by atoms with Crippen LogP contribution >= 0.6 is 0 Å². The lowest BCUT2D eigenvalue weighted by Gasteiger charge is -2.59. The van der Waals surface area contributed by atoms with Gasteiger partial charge in [-0.2, -0.15) is 0 Å². The Bertz CT molecular complexity index is 786. The van der Waals surface area contributed by atoms with Crippen molar-refractivity contribution in [2.24, 2.45) is 28.6 Å². The number of carbonyl (C=O) groups excluding carboxylic acids is 1. The maximum atomic E-state index is 12.4. The van der Waals surface area contributed by atoms with Crippen molar-refractivity contribution < 1.29 is 17.1 Å². The molecule has 4 aliphatic rings. The largest absolute Gasteiger partial charge is 0.416 e. The van der Waals surface area contributed by atoms with Crippen molar-refractivity contribution in [1.82, 2.24) is 0 Å². The molecule has 0 amide bonds. The fraction of sp³-hybridized carbons (Fsp3) is 0.880. The molecule has 1 N–H and O–H groups in total. The summed E-state index contributed by atoms with van der Waals surface area (Å²) in [6, 6.07) is 0. The summed E-state index contributed by atoms with van der Waals surface area (Å²) in [6.45, 7) is 14.1. The predicted molar refractivity (Wildman–Crippen MR) is 120 cm³/mol. The van der Waals surface area contributed by atoms with Crippen molar-refractivity contribution in [3.05, 3.63) is 11.6 Å². The van der Waals surface area contributed by atoms with Crippen molar-refractivity contribution in [3.8, 4) is 0 Å². The van der Waals surface area contributed by atoms with Gasteiger partial charge in [0, 0.05) is 21.2 Å².